The van der Waals surface area contributed by atoms with E-state index >= 15 is 4.39 Å². The quantitative estimate of drug-likeness (QED) is 0.339. The van der Waals surface area contributed by atoms with Gasteiger partial charge < -0.3 is 23.9 Å². The number of H-pyrrole nitrogens is 1. The predicted molar refractivity (Wildman–Crippen MR) is 141 cm³/mol. The van der Waals surface area contributed by atoms with Crippen LogP contribution < -0.4 is 4.74 Å². The van der Waals surface area contributed by atoms with E-state index in [1.165, 1.54) is 13.2 Å². The smallest absolute Gasteiger partial charge is 0.311 e. The summed E-state index contributed by atoms with van der Waals surface area (Å²) in [5.74, 6) is -1.92. The number of fused-ring (bicyclic) bond motifs is 2. The molecule has 0 radical (unpaired) electrons. The summed E-state index contributed by atoms with van der Waals surface area (Å²) in [6.07, 6.45) is 3.98. The van der Waals surface area contributed by atoms with Crippen LogP contribution in [0.1, 0.15) is 55.7 Å². The van der Waals surface area contributed by atoms with Crippen LogP contribution in [0.2, 0.25) is 0 Å². The van der Waals surface area contributed by atoms with Crippen LogP contribution in [0.3, 0.4) is 0 Å². The maximum Gasteiger partial charge on any atom is 0.311 e. The Bertz CT molecular complexity index is 1560. The highest BCUT2D eigenvalue weighted by Gasteiger charge is 2.40. The molecule has 8 nitrogen and oxygen atoms in total. The minimum atomic E-state index is -1.02. The van der Waals surface area contributed by atoms with Gasteiger partial charge in [-0.15, -0.1) is 0 Å². The molecule has 4 heterocycles. The number of carboxylic acid groups (broad SMARTS) is 1. The number of methoxy groups -OCH3 is 1. The Kier molecular flexibility index (Phi) is 6.55. The van der Waals surface area contributed by atoms with E-state index in [9.17, 15) is 14.3 Å². The maximum atomic E-state index is 16.5. The van der Waals surface area contributed by atoms with Crippen molar-refractivity contribution in [2.75, 3.05) is 33.5 Å². The Balaban J connectivity index is 1.66. The van der Waals surface area contributed by atoms with E-state index in [-0.39, 0.29) is 30.8 Å². The number of aromatic nitrogens is 3. The molecule has 0 aliphatic carbocycles. The van der Waals surface area contributed by atoms with Crippen molar-refractivity contribution in [3.8, 4) is 11.4 Å². The summed E-state index contributed by atoms with van der Waals surface area (Å²) in [4.78, 5) is 12.0. The number of halogens is 2. The fourth-order valence-electron chi connectivity index (χ4n) is 6.17. The van der Waals surface area contributed by atoms with Gasteiger partial charge >= 0.3 is 5.97 Å². The zero-order valence-corrected chi connectivity index (χ0v) is 21.9. The van der Waals surface area contributed by atoms with Gasteiger partial charge in [-0.1, -0.05) is 0 Å². The van der Waals surface area contributed by atoms with Crippen LogP contribution in [0.5, 0.6) is 5.75 Å². The number of rotatable bonds is 5. The molecular weight excluding hydrogens is 508 g/mol. The van der Waals surface area contributed by atoms with Gasteiger partial charge in [0.15, 0.2) is 17.4 Å². The Morgan fingerprint density at radius 1 is 1.18 bits per heavy atom. The number of benzene rings is 2. The monoisotopic (exact) mass is 539 g/mol. The lowest BCUT2D eigenvalue weighted by Crippen LogP contribution is -2.31. The molecule has 39 heavy (non-hydrogen) atoms. The summed E-state index contributed by atoms with van der Waals surface area (Å²) in [6.45, 7) is 3.20. The summed E-state index contributed by atoms with van der Waals surface area (Å²) < 4.78 is 49.9. The molecule has 4 aromatic rings. The number of hydrogen-bond donors (Lipinski definition) is 2. The minimum Gasteiger partial charge on any atom is -0.494 e. The van der Waals surface area contributed by atoms with Gasteiger partial charge in [-0.05, 0) is 56.4 Å². The Hall–Kier alpha value is -3.50. The lowest BCUT2D eigenvalue weighted by molar-refractivity contribution is -0.151. The van der Waals surface area contributed by atoms with E-state index in [1.807, 2.05) is 10.6 Å². The fraction of sp³-hybridized carbons (Fsp3) is 0.448. The van der Waals surface area contributed by atoms with Crippen molar-refractivity contribution < 1.29 is 32.9 Å². The molecule has 0 saturated carbocycles. The van der Waals surface area contributed by atoms with E-state index in [0.29, 0.717) is 53.5 Å². The molecule has 1 unspecified atom stereocenters. The highest BCUT2D eigenvalue weighted by Crippen LogP contribution is 2.47. The number of nitrogens with zero attached hydrogens (tertiary/aromatic N) is 2. The first-order valence-electron chi connectivity index (χ1n) is 13.2. The second-order valence-electron chi connectivity index (χ2n) is 10.9. The molecule has 6 rings (SSSR count). The zero-order chi connectivity index (χ0) is 27.3. The fourth-order valence-corrected chi connectivity index (χ4v) is 6.17. The van der Waals surface area contributed by atoms with Crippen molar-refractivity contribution in [2.24, 2.45) is 5.41 Å². The van der Waals surface area contributed by atoms with Crippen LogP contribution in [-0.2, 0) is 14.3 Å². The number of carbonyl (C=O) groups is 1. The number of hydrogen-bond acceptors (Lipinski definition) is 5. The van der Waals surface area contributed by atoms with Gasteiger partial charge in [0.1, 0.15) is 5.52 Å². The lowest BCUT2D eigenvalue weighted by Gasteiger charge is -2.27. The topological polar surface area (TPSA) is 98.6 Å². The molecule has 2 aliphatic heterocycles. The number of aliphatic carboxylic acids is 1. The molecular formula is C29H31F2N3O5. The number of nitrogens with one attached hydrogen (secondary N) is 1. The second-order valence-corrected chi connectivity index (χ2v) is 10.9. The number of carboxylic acids is 1. The first-order valence-corrected chi connectivity index (χ1v) is 13.2. The van der Waals surface area contributed by atoms with Gasteiger partial charge in [0.25, 0.3) is 0 Å². The summed E-state index contributed by atoms with van der Waals surface area (Å²) in [5, 5.41) is 17.8. The molecule has 2 aromatic heterocycles. The molecule has 2 fully saturated rings. The Labute approximate surface area is 223 Å². The van der Waals surface area contributed by atoms with Crippen LogP contribution >= 0.6 is 0 Å². The number of aromatic amines is 1. The third-order valence-corrected chi connectivity index (χ3v) is 8.39. The normalized spacial score (nSPS) is 22.8. The third-order valence-electron chi connectivity index (χ3n) is 8.39. The largest absolute Gasteiger partial charge is 0.494 e. The molecule has 2 aliphatic rings. The van der Waals surface area contributed by atoms with Crippen molar-refractivity contribution >= 4 is 27.8 Å². The van der Waals surface area contributed by atoms with Gasteiger partial charge in [0, 0.05) is 53.3 Å². The molecule has 206 valence electrons. The van der Waals surface area contributed by atoms with Crippen LogP contribution in [0.15, 0.2) is 30.5 Å². The van der Waals surface area contributed by atoms with Crippen LogP contribution in [0.25, 0.3) is 27.5 Å². The van der Waals surface area contributed by atoms with Gasteiger partial charge in [-0.2, -0.15) is 5.10 Å². The van der Waals surface area contributed by atoms with Crippen molar-refractivity contribution in [2.45, 2.75) is 44.4 Å². The summed E-state index contributed by atoms with van der Waals surface area (Å²) in [5.41, 5.74) is 2.31. The average molecular weight is 540 g/mol. The minimum absolute atomic E-state index is 0.0437. The summed E-state index contributed by atoms with van der Waals surface area (Å²) in [6, 6.07) is 6.56. The molecule has 0 bridgehead atoms. The van der Waals surface area contributed by atoms with Crippen LogP contribution in [0, 0.1) is 17.0 Å². The highest BCUT2D eigenvalue weighted by molar-refractivity contribution is 6.00. The molecule has 0 spiro atoms. The van der Waals surface area contributed by atoms with Gasteiger partial charge in [0.2, 0.25) is 0 Å². The Morgan fingerprint density at radius 3 is 2.72 bits per heavy atom. The standard InChI is InChI=1S/C29H31F2N3O5/c1-29(28(35)36)8-5-17(14-39-15-29)23-24-21(11-18-13-32-33-26(18)25(24)31)34(27(23)16-6-9-38-10-7-16)19-3-4-20(30)22(12-19)37-2/h3-4,11-13,16-17H,5-10,14-15H2,1-2H3,(H,32,33)(H,35,36)/t17?,29-/m0/s1. The SMILES string of the molecule is COc1cc(-n2c(C3CCOCC3)c(C3CC[C@](C)(C(=O)O)COC3)c3c(F)c4[nH]ncc4cc32)ccc1F. The molecule has 2 saturated heterocycles. The molecule has 2 aromatic carbocycles. The van der Waals surface area contributed by atoms with E-state index in [1.54, 1.807) is 25.3 Å². The summed E-state index contributed by atoms with van der Waals surface area (Å²) >= 11 is 0. The Morgan fingerprint density at radius 2 is 1.97 bits per heavy atom. The average Bonchev–Trinajstić information content (AvgIpc) is 3.49. The van der Waals surface area contributed by atoms with Crippen molar-refractivity contribution in [1.82, 2.24) is 14.8 Å². The zero-order valence-electron chi connectivity index (χ0n) is 21.9. The van der Waals surface area contributed by atoms with Gasteiger partial charge in [0.05, 0.1) is 37.5 Å². The molecule has 0 amide bonds. The maximum absolute atomic E-state index is 16.5. The van der Waals surface area contributed by atoms with E-state index in [2.05, 4.69) is 10.2 Å². The second kappa shape index (κ2) is 9.91. The molecule has 2 atom stereocenters. The van der Waals surface area contributed by atoms with Crippen LogP contribution in [-0.4, -0.2) is 59.4 Å². The predicted octanol–water partition coefficient (Wildman–Crippen LogP) is 5.67. The third kappa shape index (κ3) is 4.26. The van der Waals surface area contributed by atoms with E-state index in [4.69, 9.17) is 14.2 Å². The van der Waals surface area contributed by atoms with Crippen molar-refractivity contribution in [3.63, 3.8) is 0 Å². The van der Waals surface area contributed by atoms with E-state index < -0.39 is 23.0 Å². The van der Waals surface area contributed by atoms with Crippen molar-refractivity contribution in [3.05, 3.63) is 53.4 Å². The van der Waals surface area contributed by atoms with Gasteiger partial charge in [-0.3, -0.25) is 9.89 Å². The molecule has 10 heteroatoms. The first kappa shape index (κ1) is 25.8. The highest BCUT2D eigenvalue weighted by atomic mass is 19.1. The van der Waals surface area contributed by atoms with Gasteiger partial charge in [-0.25, -0.2) is 8.78 Å². The first-order chi connectivity index (χ1) is 18.8. The lowest BCUT2D eigenvalue weighted by atomic mass is 9.81. The van der Waals surface area contributed by atoms with E-state index in [0.717, 1.165) is 24.1 Å². The number of ether oxygens (including phenoxy) is 3. The van der Waals surface area contributed by atoms with Crippen LogP contribution in [0.4, 0.5) is 8.78 Å². The van der Waals surface area contributed by atoms with Crippen molar-refractivity contribution in [1.29, 1.82) is 0 Å². The summed E-state index contributed by atoms with van der Waals surface area (Å²) in [7, 11) is 1.41. The molecule has 2 N–H and O–H groups in total.